The van der Waals surface area contributed by atoms with Crippen LogP contribution < -0.4 is 10.2 Å². The molecule has 0 atom stereocenters. The number of hydrogen-bond donors (Lipinski definition) is 1. The number of hydrogen-bond acceptors (Lipinski definition) is 8. The summed E-state index contributed by atoms with van der Waals surface area (Å²) in [5, 5.41) is 22.4. The van der Waals surface area contributed by atoms with Crippen molar-refractivity contribution in [2.24, 2.45) is 0 Å². The van der Waals surface area contributed by atoms with E-state index in [0.717, 1.165) is 38.2 Å². The number of nitro benzene ring substituents is 1. The molecule has 1 N–H and O–H groups in total. The number of benzene rings is 1. The maximum absolute atomic E-state index is 11.5. The quantitative estimate of drug-likeness (QED) is 0.634. The number of fused-ring (bicyclic) bond motifs is 1. The summed E-state index contributed by atoms with van der Waals surface area (Å²) in [4.78, 5) is 15.2. The van der Waals surface area contributed by atoms with E-state index in [2.05, 4.69) is 20.5 Å². The van der Waals surface area contributed by atoms with Crippen molar-refractivity contribution in [2.75, 3.05) is 50.5 Å². The van der Waals surface area contributed by atoms with Gasteiger partial charge < -0.3 is 15.1 Å². The number of nitro groups is 1. The van der Waals surface area contributed by atoms with E-state index >= 15 is 0 Å². The summed E-state index contributed by atoms with van der Waals surface area (Å²) >= 11 is 0. The van der Waals surface area contributed by atoms with Crippen LogP contribution in [0.2, 0.25) is 0 Å². The molecule has 1 aliphatic heterocycles. The molecule has 9 heteroatoms. The highest BCUT2D eigenvalue weighted by molar-refractivity contribution is 5.99. The van der Waals surface area contributed by atoms with E-state index in [1.165, 1.54) is 0 Å². The van der Waals surface area contributed by atoms with E-state index in [-0.39, 0.29) is 11.2 Å². The average molecular weight is 320 g/mol. The lowest BCUT2D eigenvalue weighted by Crippen LogP contribution is -2.22. The van der Waals surface area contributed by atoms with E-state index in [9.17, 15) is 10.1 Å². The fourth-order valence-electron chi connectivity index (χ4n) is 2.84. The van der Waals surface area contributed by atoms with Gasteiger partial charge in [0.2, 0.25) is 5.52 Å². The van der Waals surface area contributed by atoms with Gasteiger partial charge in [0, 0.05) is 26.2 Å². The van der Waals surface area contributed by atoms with Gasteiger partial charge in [-0.05, 0) is 43.3 Å². The Kier molecular flexibility index (Phi) is 4.28. The highest BCUT2D eigenvalue weighted by Crippen LogP contribution is 2.39. The molecule has 0 bridgehead atoms. The molecular formula is C14H20N6O3. The van der Waals surface area contributed by atoms with Crippen molar-refractivity contribution < 1.29 is 9.55 Å². The molecule has 1 aromatic heterocycles. The van der Waals surface area contributed by atoms with Gasteiger partial charge in [-0.15, -0.1) is 0 Å². The third-order valence-electron chi connectivity index (χ3n) is 4.00. The second-order valence-corrected chi connectivity index (χ2v) is 5.93. The lowest BCUT2D eigenvalue weighted by molar-refractivity contribution is -0.382. The first-order valence-corrected chi connectivity index (χ1v) is 7.65. The summed E-state index contributed by atoms with van der Waals surface area (Å²) in [6.45, 7) is 3.17. The SMILES string of the molecule is CN(C)CCNc1cc(N2CCCC2)c([N+](=O)[O-])c2nonc12. The Morgan fingerprint density at radius 2 is 2.04 bits per heavy atom. The van der Waals surface area contributed by atoms with Gasteiger partial charge in [0.1, 0.15) is 5.69 Å². The largest absolute Gasteiger partial charge is 0.382 e. The zero-order valence-electron chi connectivity index (χ0n) is 13.3. The molecule has 2 heterocycles. The van der Waals surface area contributed by atoms with Gasteiger partial charge in [-0.25, -0.2) is 4.63 Å². The fraction of sp³-hybridized carbons (Fsp3) is 0.571. The Morgan fingerprint density at radius 1 is 1.35 bits per heavy atom. The molecule has 9 nitrogen and oxygen atoms in total. The molecular weight excluding hydrogens is 300 g/mol. The third-order valence-corrected chi connectivity index (χ3v) is 4.00. The molecule has 0 unspecified atom stereocenters. The standard InChI is InChI=1S/C14H20N6O3/c1-18(2)8-5-15-10-9-11(19-6-3-4-7-19)14(20(21)22)13-12(10)16-23-17-13/h9,15H,3-8H2,1-2H3. The monoisotopic (exact) mass is 320 g/mol. The first-order chi connectivity index (χ1) is 11.1. The molecule has 1 fully saturated rings. The van der Waals surface area contributed by atoms with Crippen molar-refractivity contribution in [1.29, 1.82) is 0 Å². The number of likely N-dealkylation sites (N-methyl/N-ethyl adjacent to an activating group) is 1. The smallest absolute Gasteiger partial charge is 0.323 e. The molecule has 124 valence electrons. The van der Waals surface area contributed by atoms with Crippen LogP contribution in [0.4, 0.5) is 17.1 Å². The Labute approximate surface area is 133 Å². The number of nitrogens with one attached hydrogen (secondary N) is 1. The molecule has 1 saturated heterocycles. The van der Waals surface area contributed by atoms with E-state index in [4.69, 9.17) is 4.63 Å². The molecule has 0 spiro atoms. The van der Waals surface area contributed by atoms with Crippen molar-refractivity contribution in [3.05, 3.63) is 16.2 Å². The maximum atomic E-state index is 11.5. The predicted molar refractivity (Wildman–Crippen MR) is 86.9 cm³/mol. The van der Waals surface area contributed by atoms with Gasteiger partial charge in [-0.1, -0.05) is 0 Å². The molecule has 0 amide bonds. The Morgan fingerprint density at radius 3 is 2.70 bits per heavy atom. The molecule has 2 aromatic rings. The fourth-order valence-corrected chi connectivity index (χ4v) is 2.84. The van der Waals surface area contributed by atoms with Crippen molar-refractivity contribution >= 4 is 28.1 Å². The summed E-state index contributed by atoms with van der Waals surface area (Å²) in [7, 11) is 3.97. The second kappa shape index (κ2) is 6.37. The van der Waals surface area contributed by atoms with Crippen LogP contribution in [-0.4, -0.2) is 60.4 Å². The van der Waals surface area contributed by atoms with Crippen LogP contribution in [-0.2, 0) is 0 Å². The molecule has 23 heavy (non-hydrogen) atoms. The molecule has 0 radical (unpaired) electrons. The van der Waals surface area contributed by atoms with Crippen molar-refractivity contribution in [1.82, 2.24) is 15.2 Å². The summed E-state index contributed by atoms with van der Waals surface area (Å²) in [6, 6.07) is 1.80. The number of rotatable bonds is 6. The van der Waals surface area contributed by atoms with E-state index in [1.54, 1.807) is 6.07 Å². The molecule has 1 aromatic carbocycles. The van der Waals surface area contributed by atoms with Gasteiger partial charge in [0.25, 0.3) is 0 Å². The van der Waals surface area contributed by atoms with E-state index < -0.39 is 4.92 Å². The molecule has 3 rings (SSSR count). The number of aromatic nitrogens is 2. The van der Waals surface area contributed by atoms with Gasteiger partial charge >= 0.3 is 5.69 Å². The minimum Gasteiger partial charge on any atom is -0.382 e. The highest BCUT2D eigenvalue weighted by atomic mass is 16.6. The summed E-state index contributed by atoms with van der Waals surface area (Å²) < 4.78 is 4.77. The average Bonchev–Trinajstić information content (AvgIpc) is 3.17. The summed E-state index contributed by atoms with van der Waals surface area (Å²) in [5.41, 5.74) is 1.88. The van der Waals surface area contributed by atoms with Crippen LogP contribution in [0.1, 0.15) is 12.8 Å². The first-order valence-electron chi connectivity index (χ1n) is 7.65. The topological polar surface area (TPSA) is 101 Å². The predicted octanol–water partition coefficient (Wildman–Crippen LogP) is 1.70. The van der Waals surface area contributed by atoms with Crippen molar-refractivity contribution in [3.63, 3.8) is 0 Å². The normalized spacial score (nSPS) is 14.8. The third kappa shape index (κ3) is 3.04. The minimum atomic E-state index is -0.399. The van der Waals surface area contributed by atoms with Crippen LogP contribution in [0.5, 0.6) is 0 Å². The molecule has 1 aliphatic rings. The number of anilines is 2. The zero-order chi connectivity index (χ0) is 16.4. The van der Waals surface area contributed by atoms with E-state index in [0.29, 0.717) is 17.7 Å². The summed E-state index contributed by atoms with van der Waals surface area (Å²) in [6.07, 6.45) is 2.07. The Bertz CT molecular complexity index is 708. The lowest BCUT2D eigenvalue weighted by Gasteiger charge is -2.19. The van der Waals surface area contributed by atoms with Crippen LogP contribution >= 0.6 is 0 Å². The van der Waals surface area contributed by atoms with E-state index in [1.807, 2.05) is 19.0 Å². The van der Waals surface area contributed by atoms with Crippen LogP contribution in [0.15, 0.2) is 10.7 Å². The Balaban J connectivity index is 2.04. The van der Waals surface area contributed by atoms with Crippen LogP contribution in [0.3, 0.4) is 0 Å². The van der Waals surface area contributed by atoms with Gasteiger partial charge in [-0.2, -0.15) is 0 Å². The highest BCUT2D eigenvalue weighted by Gasteiger charge is 2.29. The summed E-state index contributed by atoms with van der Waals surface area (Å²) in [5.74, 6) is 0. The van der Waals surface area contributed by atoms with Crippen LogP contribution in [0.25, 0.3) is 11.0 Å². The maximum Gasteiger partial charge on any atom is 0.323 e. The van der Waals surface area contributed by atoms with Crippen LogP contribution in [0, 0.1) is 10.1 Å². The lowest BCUT2D eigenvalue weighted by atomic mass is 10.1. The molecule has 0 saturated carbocycles. The van der Waals surface area contributed by atoms with Crippen molar-refractivity contribution in [3.8, 4) is 0 Å². The van der Waals surface area contributed by atoms with Gasteiger partial charge in [-0.3, -0.25) is 10.1 Å². The second-order valence-electron chi connectivity index (χ2n) is 5.93. The van der Waals surface area contributed by atoms with Crippen molar-refractivity contribution in [2.45, 2.75) is 12.8 Å². The van der Waals surface area contributed by atoms with Gasteiger partial charge in [0.15, 0.2) is 5.52 Å². The Hall–Kier alpha value is -2.42. The number of nitrogens with zero attached hydrogens (tertiary/aromatic N) is 5. The minimum absolute atomic E-state index is 0.0266. The van der Waals surface area contributed by atoms with Gasteiger partial charge in [0.05, 0.1) is 10.6 Å². The first kappa shape index (κ1) is 15.5. The zero-order valence-corrected chi connectivity index (χ0v) is 13.3. The molecule has 0 aliphatic carbocycles.